The topological polar surface area (TPSA) is 61.3 Å². The third kappa shape index (κ3) is 2.09. The van der Waals surface area contributed by atoms with Crippen LogP contribution in [-0.2, 0) is 6.54 Å². The van der Waals surface area contributed by atoms with Gasteiger partial charge in [-0.1, -0.05) is 11.6 Å². The maximum atomic E-state index is 6.26. The summed E-state index contributed by atoms with van der Waals surface area (Å²) in [6, 6.07) is 1.89. The highest BCUT2D eigenvalue weighted by atomic mass is 35.5. The Kier molecular flexibility index (Phi) is 3.59. The molecule has 1 aromatic heterocycles. The van der Waals surface area contributed by atoms with Crippen LogP contribution in [0.15, 0.2) is 16.7 Å². The Morgan fingerprint density at radius 3 is 2.72 bits per heavy atom. The number of benzene rings is 1. The quantitative estimate of drug-likeness (QED) is 0.927. The first-order valence-corrected chi connectivity index (χ1v) is 5.94. The summed E-state index contributed by atoms with van der Waals surface area (Å²) in [6.45, 7) is 4.14. The molecule has 0 aliphatic rings. The lowest BCUT2D eigenvalue weighted by Crippen LogP contribution is -1.97. The Bertz CT molecular complexity index is 579. The van der Waals surface area contributed by atoms with Gasteiger partial charge < -0.3 is 14.9 Å². The number of methoxy groups -OCH3 is 1. The number of hydrogen-bond donors (Lipinski definition) is 1. The number of rotatable bonds is 3. The van der Waals surface area contributed by atoms with Crippen molar-refractivity contribution >= 4 is 11.6 Å². The van der Waals surface area contributed by atoms with Crippen molar-refractivity contribution in [1.82, 2.24) is 4.98 Å². The van der Waals surface area contributed by atoms with E-state index < -0.39 is 0 Å². The van der Waals surface area contributed by atoms with Gasteiger partial charge in [-0.2, -0.15) is 0 Å². The molecule has 4 nitrogen and oxygen atoms in total. The second-order valence-electron chi connectivity index (χ2n) is 4.04. The first-order valence-electron chi connectivity index (χ1n) is 5.57. The van der Waals surface area contributed by atoms with Crippen LogP contribution in [0.4, 0.5) is 0 Å². The van der Waals surface area contributed by atoms with Crippen molar-refractivity contribution < 1.29 is 9.15 Å². The van der Waals surface area contributed by atoms with Crippen molar-refractivity contribution in [3.63, 3.8) is 0 Å². The van der Waals surface area contributed by atoms with Gasteiger partial charge in [0.15, 0.2) is 0 Å². The number of hydrogen-bond acceptors (Lipinski definition) is 4. The van der Waals surface area contributed by atoms with Crippen molar-refractivity contribution in [3.8, 4) is 17.0 Å². The van der Waals surface area contributed by atoms with Gasteiger partial charge in [-0.05, 0) is 31.0 Å². The zero-order chi connectivity index (χ0) is 13.3. The summed E-state index contributed by atoms with van der Waals surface area (Å²) < 4.78 is 10.6. The van der Waals surface area contributed by atoms with Crippen molar-refractivity contribution in [2.24, 2.45) is 5.73 Å². The summed E-state index contributed by atoms with van der Waals surface area (Å²) in [7, 11) is 1.62. The molecule has 0 unspecified atom stereocenters. The van der Waals surface area contributed by atoms with Gasteiger partial charge in [0.1, 0.15) is 17.7 Å². The van der Waals surface area contributed by atoms with Gasteiger partial charge in [-0.15, -0.1) is 0 Å². The highest BCUT2D eigenvalue weighted by Crippen LogP contribution is 2.38. The molecule has 96 valence electrons. The van der Waals surface area contributed by atoms with E-state index in [0.29, 0.717) is 16.6 Å². The fourth-order valence-electron chi connectivity index (χ4n) is 1.92. The molecule has 0 saturated carbocycles. The number of oxazole rings is 1. The lowest BCUT2D eigenvalue weighted by molar-refractivity contribution is 0.415. The van der Waals surface area contributed by atoms with E-state index in [9.17, 15) is 0 Å². The van der Waals surface area contributed by atoms with Crippen molar-refractivity contribution in [3.05, 3.63) is 34.4 Å². The minimum atomic E-state index is 0.265. The van der Waals surface area contributed by atoms with Crippen LogP contribution in [0.5, 0.6) is 5.75 Å². The molecule has 0 fully saturated rings. The molecular weight excluding hydrogens is 252 g/mol. The molecule has 2 rings (SSSR count). The zero-order valence-electron chi connectivity index (χ0n) is 10.6. The number of aromatic nitrogens is 1. The highest BCUT2D eigenvalue weighted by Gasteiger charge is 2.17. The molecule has 0 radical (unpaired) electrons. The number of ether oxygens (including phenoxy) is 1. The largest absolute Gasteiger partial charge is 0.496 e. The minimum absolute atomic E-state index is 0.265. The maximum Gasteiger partial charge on any atom is 0.208 e. The van der Waals surface area contributed by atoms with Crippen LogP contribution in [-0.4, -0.2) is 12.1 Å². The third-order valence-electron chi connectivity index (χ3n) is 2.85. The molecule has 0 aliphatic heterocycles. The molecule has 0 aliphatic carbocycles. The third-order valence-corrected chi connectivity index (χ3v) is 3.43. The molecule has 5 heteroatoms. The van der Waals surface area contributed by atoms with E-state index in [1.807, 2.05) is 19.9 Å². The van der Waals surface area contributed by atoms with E-state index >= 15 is 0 Å². The van der Waals surface area contributed by atoms with E-state index in [1.165, 1.54) is 0 Å². The fourth-order valence-corrected chi connectivity index (χ4v) is 2.07. The van der Waals surface area contributed by atoms with Crippen LogP contribution in [0.2, 0.25) is 5.02 Å². The Morgan fingerprint density at radius 2 is 2.17 bits per heavy atom. The Hall–Kier alpha value is -1.52. The van der Waals surface area contributed by atoms with Gasteiger partial charge >= 0.3 is 0 Å². The standard InChI is InChI=1S/C13H15ClN2O2/c1-7-4-10(17-3)12(8(2)13(7)14)9-6-18-11(5-15)16-9/h4,6H,5,15H2,1-3H3. The molecule has 0 amide bonds. The Morgan fingerprint density at radius 1 is 1.44 bits per heavy atom. The molecule has 0 atom stereocenters. The lowest BCUT2D eigenvalue weighted by Gasteiger charge is -2.13. The first kappa shape index (κ1) is 12.9. The van der Waals surface area contributed by atoms with Gasteiger partial charge in [0.25, 0.3) is 0 Å². The van der Waals surface area contributed by atoms with Gasteiger partial charge in [-0.25, -0.2) is 4.98 Å². The average molecular weight is 267 g/mol. The summed E-state index contributed by atoms with van der Waals surface area (Å²) >= 11 is 6.26. The molecule has 1 heterocycles. The summed E-state index contributed by atoms with van der Waals surface area (Å²) in [5.41, 5.74) is 8.91. The number of halogens is 1. The normalized spacial score (nSPS) is 10.7. The Balaban J connectivity index is 2.65. The Labute approximate surface area is 111 Å². The number of aryl methyl sites for hydroxylation is 1. The molecule has 2 N–H and O–H groups in total. The van der Waals surface area contributed by atoms with Crippen LogP contribution < -0.4 is 10.5 Å². The molecule has 0 bridgehead atoms. The highest BCUT2D eigenvalue weighted by molar-refractivity contribution is 6.32. The molecule has 0 saturated heterocycles. The molecule has 2 aromatic rings. The molecule has 1 aromatic carbocycles. The van der Waals surface area contributed by atoms with E-state index in [4.69, 9.17) is 26.5 Å². The van der Waals surface area contributed by atoms with E-state index in [2.05, 4.69) is 4.98 Å². The molecular formula is C13H15ClN2O2. The SMILES string of the molecule is COc1cc(C)c(Cl)c(C)c1-c1coc(CN)n1. The lowest BCUT2D eigenvalue weighted by atomic mass is 10.0. The fraction of sp³-hybridized carbons (Fsp3) is 0.308. The first-order chi connectivity index (χ1) is 8.58. The summed E-state index contributed by atoms with van der Waals surface area (Å²) in [5.74, 6) is 1.22. The van der Waals surface area contributed by atoms with E-state index in [1.54, 1.807) is 13.4 Å². The van der Waals surface area contributed by atoms with Crippen LogP contribution in [0.1, 0.15) is 17.0 Å². The minimum Gasteiger partial charge on any atom is -0.496 e. The van der Waals surface area contributed by atoms with Crippen LogP contribution in [0.3, 0.4) is 0 Å². The number of nitrogens with zero attached hydrogens (tertiary/aromatic N) is 1. The van der Waals surface area contributed by atoms with E-state index in [-0.39, 0.29) is 6.54 Å². The van der Waals surface area contributed by atoms with Gasteiger partial charge in [0, 0.05) is 10.6 Å². The monoisotopic (exact) mass is 266 g/mol. The van der Waals surface area contributed by atoms with Crippen molar-refractivity contribution in [1.29, 1.82) is 0 Å². The second kappa shape index (κ2) is 5.00. The van der Waals surface area contributed by atoms with Crippen LogP contribution >= 0.6 is 11.6 Å². The van der Waals surface area contributed by atoms with Crippen LogP contribution in [0.25, 0.3) is 11.3 Å². The molecule has 0 spiro atoms. The smallest absolute Gasteiger partial charge is 0.208 e. The maximum absolute atomic E-state index is 6.26. The summed E-state index contributed by atoms with van der Waals surface area (Å²) in [5, 5.41) is 0.711. The average Bonchev–Trinajstić information content (AvgIpc) is 2.83. The second-order valence-corrected chi connectivity index (χ2v) is 4.42. The summed E-state index contributed by atoms with van der Waals surface area (Å²) in [6.07, 6.45) is 1.57. The zero-order valence-corrected chi connectivity index (χ0v) is 11.3. The van der Waals surface area contributed by atoms with Gasteiger partial charge in [0.2, 0.25) is 5.89 Å². The van der Waals surface area contributed by atoms with Crippen molar-refractivity contribution in [2.45, 2.75) is 20.4 Å². The van der Waals surface area contributed by atoms with Gasteiger partial charge in [0.05, 0.1) is 13.7 Å². The van der Waals surface area contributed by atoms with E-state index in [0.717, 1.165) is 22.4 Å². The predicted molar refractivity (Wildman–Crippen MR) is 70.9 cm³/mol. The molecule has 18 heavy (non-hydrogen) atoms. The van der Waals surface area contributed by atoms with Crippen molar-refractivity contribution in [2.75, 3.05) is 7.11 Å². The number of nitrogens with two attached hydrogens (primary N) is 1. The van der Waals surface area contributed by atoms with Crippen LogP contribution in [0, 0.1) is 13.8 Å². The van der Waals surface area contributed by atoms with Gasteiger partial charge in [-0.3, -0.25) is 0 Å². The summed E-state index contributed by atoms with van der Waals surface area (Å²) in [4.78, 5) is 4.31. The predicted octanol–water partition coefficient (Wildman–Crippen LogP) is 3.08.